The Morgan fingerprint density at radius 2 is 1.93 bits per heavy atom. The van der Waals surface area contributed by atoms with Crippen LogP contribution in [0.15, 0.2) is 53.3 Å². The van der Waals surface area contributed by atoms with E-state index in [1.54, 1.807) is 0 Å². The van der Waals surface area contributed by atoms with Gasteiger partial charge in [0.1, 0.15) is 6.54 Å². The highest BCUT2D eigenvalue weighted by Crippen LogP contribution is 2.13. The first-order valence-corrected chi connectivity index (χ1v) is 9.48. The maximum atomic E-state index is 12.8. The standard InChI is InChI=1S/C21H21N3O4S/c1-13(14-6-4-3-5-7-14)11-22-18(25)12-24-19(26)16-9-8-15(20(27)28-2)10-17(16)23-21(24)29/h3-10,13H,11-12H2,1-2H3,(H,22,25)(H,23,29)/t13-/m1/s1. The lowest BCUT2D eigenvalue weighted by Gasteiger charge is -2.14. The number of nitrogens with one attached hydrogen (secondary N) is 2. The number of aromatic amines is 1. The molecule has 1 heterocycles. The Balaban J connectivity index is 1.77. The van der Waals surface area contributed by atoms with Gasteiger partial charge in [-0.05, 0) is 41.9 Å². The molecule has 0 saturated carbocycles. The number of benzene rings is 2. The molecule has 0 fully saturated rings. The van der Waals surface area contributed by atoms with Gasteiger partial charge in [0.25, 0.3) is 5.56 Å². The third-order valence-corrected chi connectivity index (χ3v) is 5.00. The summed E-state index contributed by atoms with van der Waals surface area (Å²) in [7, 11) is 1.28. The molecule has 8 heteroatoms. The predicted molar refractivity (Wildman–Crippen MR) is 113 cm³/mol. The average Bonchev–Trinajstić information content (AvgIpc) is 2.74. The van der Waals surface area contributed by atoms with Gasteiger partial charge in [0.05, 0.1) is 23.6 Å². The number of nitrogens with zero attached hydrogens (tertiary/aromatic N) is 1. The van der Waals surface area contributed by atoms with Crippen molar-refractivity contribution in [3.63, 3.8) is 0 Å². The van der Waals surface area contributed by atoms with Crippen LogP contribution >= 0.6 is 12.2 Å². The monoisotopic (exact) mass is 411 g/mol. The van der Waals surface area contributed by atoms with Crippen molar-refractivity contribution >= 4 is 35.0 Å². The molecule has 0 aliphatic rings. The Morgan fingerprint density at radius 1 is 1.21 bits per heavy atom. The van der Waals surface area contributed by atoms with Gasteiger partial charge < -0.3 is 15.0 Å². The number of aromatic nitrogens is 2. The molecule has 3 aromatic rings. The summed E-state index contributed by atoms with van der Waals surface area (Å²) >= 11 is 5.25. The first-order valence-electron chi connectivity index (χ1n) is 9.07. The molecule has 0 spiro atoms. The Kier molecular flexibility index (Phi) is 6.23. The molecule has 1 aromatic heterocycles. The summed E-state index contributed by atoms with van der Waals surface area (Å²) in [4.78, 5) is 39.7. The molecule has 0 bridgehead atoms. The third-order valence-electron chi connectivity index (χ3n) is 4.68. The molecule has 2 aromatic carbocycles. The lowest BCUT2D eigenvalue weighted by molar-refractivity contribution is -0.121. The largest absolute Gasteiger partial charge is 0.465 e. The van der Waals surface area contributed by atoms with Gasteiger partial charge in [-0.25, -0.2) is 4.79 Å². The number of H-pyrrole nitrogens is 1. The minimum Gasteiger partial charge on any atom is -0.465 e. The first-order chi connectivity index (χ1) is 13.9. The SMILES string of the molecule is COC(=O)c1ccc2c(=O)n(CC(=O)NC[C@@H](C)c3ccccc3)c(=S)[nH]c2c1. The molecule has 150 valence electrons. The third kappa shape index (κ3) is 4.60. The van der Waals surface area contributed by atoms with Gasteiger partial charge in [0.15, 0.2) is 4.77 Å². The van der Waals surface area contributed by atoms with Crippen LogP contribution in [0.5, 0.6) is 0 Å². The second-order valence-electron chi connectivity index (χ2n) is 6.69. The molecular formula is C21H21N3O4S. The summed E-state index contributed by atoms with van der Waals surface area (Å²) in [6.07, 6.45) is 0. The second kappa shape index (κ2) is 8.83. The highest BCUT2D eigenvalue weighted by Gasteiger charge is 2.13. The number of esters is 1. The van der Waals surface area contributed by atoms with Crippen LogP contribution in [0.4, 0.5) is 0 Å². The number of hydrogen-bond donors (Lipinski definition) is 2. The molecule has 1 amide bonds. The zero-order valence-electron chi connectivity index (χ0n) is 16.1. The van der Waals surface area contributed by atoms with Crippen molar-refractivity contribution in [1.29, 1.82) is 0 Å². The summed E-state index contributed by atoms with van der Waals surface area (Å²) < 4.78 is 6.00. The summed E-state index contributed by atoms with van der Waals surface area (Å²) in [6, 6.07) is 14.4. The fourth-order valence-electron chi connectivity index (χ4n) is 3.01. The minimum absolute atomic E-state index is 0.107. The van der Waals surface area contributed by atoms with Crippen LogP contribution in [-0.2, 0) is 16.1 Å². The summed E-state index contributed by atoms with van der Waals surface area (Å²) in [5.74, 6) is -0.679. The molecule has 0 radical (unpaired) electrons. The number of hydrogen-bond acceptors (Lipinski definition) is 5. The molecule has 0 aliphatic heterocycles. The molecule has 29 heavy (non-hydrogen) atoms. The smallest absolute Gasteiger partial charge is 0.337 e. The van der Waals surface area contributed by atoms with Crippen LogP contribution in [0, 0.1) is 4.77 Å². The molecule has 2 N–H and O–H groups in total. The lowest BCUT2D eigenvalue weighted by Crippen LogP contribution is -2.35. The number of carbonyl (C=O) groups is 2. The molecule has 1 atom stereocenters. The first kappa shape index (κ1) is 20.5. The molecule has 3 rings (SSSR count). The number of fused-ring (bicyclic) bond motifs is 1. The second-order valence-corrected chi connectivity index (χ2v) is 7.08. The van der Waals surface area contributed by atoms with Gasteiger partial charge in [-0.3, -0.25) is 14.2 Å². The van der Waals surface area contributed by atoms with Crippen LogP contribution in [0.25, 0.3) is 10.9 Å². The predicted octanol–water partition coefficient (Wildman–Crippen LogP) is 2.77. The van der Waals surface area contributed by atoms with Crippen LogP contribution in [0.3, 0.4) is 0 Å². The van der Waals surface area contributed by atoms with E-state index in [9.17, 15) is 14.4 Å². The normalized spacial score (nSPS) is 11.8. The highest BCUT2D eigenvalue weighted by molar-refractivity contribution is 7.71. The van der Waals surface area contributed by atoms with Gasteiger partial charge in [-0.1, -0.05) is 37.3 Å². The Bertz CT molecular complexity index is 1170. The topological polar surface area (TPSA) is 93.2 Å². The van der Waals surface area contributed by atoms with E-state index >= 15 is 0 Å². The molecule has 0 saturated heterocycles. The number of amides is 1. The van der Waals surface area contributed by atoms with Crippen molar-refractivity contribution in [2.75, 3.05) is 13.7 Å². The summed E-state index contributed by atoms with van der Waals surface area (Å²) in [5.41, 5.74) is 1.44. The van der Waals surface area contributed by atoms with Crippen molar-refractivity contribution in [1.82, 2.24) is 14.9 Å². The van der Waals surface area contributed by atoms with Crippen LogP contribution in [0.1, 0.15) is 28.8 Å². The van der Waals surface area contributed by atoms with E-state index in [-0.39, 0.29) is 23.1 Å². The maximum absolute atomic E-state index is 12.8. The summed E-state index contributed by atoms with van der Waals surface area (Å²) in [6.45, 7) is 2.28. The molecular weight excluding hydrogens is 390 g/mol. The zero-order chi connectivity index (χ0) is 21.0. The van der Waals surface area contributed by atoms with Crippen LogP contribution in [0.2, 0.25) is 0 Å². The van der Waals surface area contributed by atoms with Crippen molar-refractivity contribution in [3.8, 4) is 0 Å². The van der Waals surface area contributed by atoms with Gasteiger partial charge in [-0.2, -0.15) is 0 Å². The highest BCUT2D eigenvalue weighted by atomic mass is 32.1. The number of ether oxygens (including phenoxy) is 1. The Hall–Kier alpha value is -3.26. The van der Waals surface area contributed by atoms with Crippen molar-refractivity contribution in [2.24, 2.45) is 0 Å². The average molecular weight is 411 g/mol. The van der Waals surface area contributed by atoms with E-state index in [0.29, 0.717) is 23.0 Å². The molecule has 7 nitrogen and oxygen atoms in total. The minimum atomic E-state index is -0.512. The van der Waals surface area contributed by atoms with Crippen molar-refractivity contribution < 1.29 is 14.3 Å². The lowest BCUT2D eigenvalue weighted by atomic mass is 10.0. The van der Waals surface area contributed by atoms with E-state index in [4.69, 9.17) is 12.2 Å². The van der Waals surface area contributed by atoms with Crippen molar-refractivity contribution in [2.45, 2.75) is 19.4 Å². The quantitative estimate of drug-likeness (QED) is 0.481. The number of rotatable bonds is 6. The zero-order valence-corrected chi connectivity index (χ0v) is 16.9. The van der Waals surface area contributed by atoms with Gasteiger partial charge in [0.2, 0.25) is 5.91 Å². The van der Waals surface area contributed by atoms with E-state index < -0.39 is 11.5 Å². The van der Waals surface area contributed by atoms with Crippen molar-refractivity contribution in [3.05, 3.63) is 74.8 Å². The van der Waals surface area contributed by atoms with Crippen LogP contribution in [-0.4, -0.2) is 35.1 Å². The van der Waals surface area contributed by atoms with E-state index in [0.717, 1.165) is 5.56 Å². The fourth-order valence-corrected chi connectivity index (χ4v) is 3.27. The van der Waals surface area contributed by atoms with Gasteiger partial charge in [0, 0.05) is 6.54 Å². The molecule has 0 aliphatic carbocycles. The fraction of sp³-hybridized carbons (Fsp3) is 0.238. The summed E-state index contributed by atoms with van der Waals surface area (Å²) in [5, 5.41) is 3.17. The van der Waals surface area contributed by atoms with Crippen LogP contribution < -0.4 is 10.9 Å². The van der Waals surface area contributed by atoms with E-state index in [2.05, 4.69) is 15.0 Å². The molecule has 0 unspecified atom stereocenters. The van der Waals surface area contributed by atoms with E-state index in [1.165, 1.54) is 29.9 Å². The van der Waals surface area contributed by atoms with Gasteiger partial charge >= 0.3 is 5.97 Å². The maximum Gasteiger partial charge on any atom is 0.337 e. The number of carbonyl (C=O) groups excluding carboxylic acids is 2. The Morgan fingerprint density at radius 3 is 2.62 bits per heavy atom. The van der Waals surface area contributed by atoms with Gasteiger partial charge in [-0.15, -0.1) is 0 Å². The van der Waals surface area contributed by atoms with E-state index in [1.807, 2.05) is 37.3 Å². The number of methoxy groups -OCH3 is 1. The Labute approximate surface area is 172 Å².